The summed E-state index contributed by atoms with van der Waals surface area (Å²) in [5.74, 6) is 0. The molecule has 0 unspecified atom stereocenters. The molecule has 132 valence electrons. The van der Waals surface area contributed by atoms with E-state index in [1.165, 1.54) is 5.56 Å². The van der Waals surface area contributed by atoms with Gasteiger partial charge in [-0.25, -0.2) is 0 Å². The summed E-state index contributed by atoms with van der Waals surface area (Å²) in [5, 5.41) is 1.69. The molecule has 0 saturated heterocycles. The summed E-state index contributed by atoms with van der Waals surface area (Å²) < 4.78 is 0.649. The van der Waals surface area contributed by atoms with Crippen LogP contribution >= 0.6 is 21.8 Å². The van der Waals surface area contributed by atoms with Crippen LogP contribution in [0.15, 0.2) is 24.3 Å². The normalized spacial score (nSPS) is 15.0. The summed E-state index contributed by atoms with van der Waals surface area (Å²) in [6.45, 7) is 28.9. The summed E-state index contributed by atoms with van der Waals surface area (Å²) in [4.78, 5) is 0. The minimum absolute atomic E-state index is 0.649. The molecule has 0 amide bonds. The Morgan fingerprint density at radius 2 is 1.04 bits per heavy atom. The Hall–Kier alpha value is 0.818. The molecule has 0 aromatic heterocycles. The third-order valence-corrected chi connectivity index (χ3v) is 47.5. The Bertz CT molecular complexity index is 506. The van der Waals surface area contributed by atoms with Gasteiger partial charge in [-0.15, -0.1) is 21.8 Å². The van der Waals surface area contributed by atoms with Crippen LogP contribution in [0.4, 0.5) is 0 Å². The largest absolute Gasteiger partial charge is 0.120 e. The van der Waals surface area contributed by atoms with Gasteiger partial charge in [-0.2, -0.15) is 0 Å². The summed E-state index contributed by atoms with van der Waals surface area (Å²) in [6, 6.07) is 9.61. The van der Waals surface area contributed by atoms with E-state index in [2.05, 4.69) is 118 Å². The second kappa shape index (κ2) is 6.52. The van der Waals surface area contributed by atoms with Gasteiger partial charge in [-0.05, 0) is 10.8 Å². The number of aryl methyl sites for hydroxylation is 1. The van der Waals surface area contributed by atoms with Crippen LogP contribution in [-0.4, -0.2) is 29.8 Å². The van der Waals surface area contributed by atoms with Gasteiger partial charge in [0.1, 0.15) is 5.57 Å². The van der Waals surface area contributed by atoms with Gasteiger partial charge in [0.05, 0.1) is 8.07 Å². The van der Waals surface area contributed by atoms with Crippen molar-refractivity contribution < 1.29 is 0 Å². The molecule has 0 bridgehead atoms. The lowest BCUT2D eigenvalue weighted by Crippen LogP contribution is -2.78. The topological polar surface area (TPSA) is 0 Å². The van der Waals surface area contributed by atoms with Crippen molar-refractivity contribution in [2.45, 2.75) is 76.3 Å². The zero-order chi connectivity index (χ0) is 18.5. The first-order valence-electron chi connectivity index (χ1n) is 8.76. The highest BCUT2D eigenvalue weighted by Crippen LogP contribution is 2.61. The predicted octanol–water partition coefficient (Wildman–Crippen LogP) is 6.58. The highest BCUT2D eigenvalue weighted by molar-refractivity contribution is 14.1. The van der Waals surface area contributed by atoms with Gasteiger partial charge in [0, 0.05) is 16.1 Å². The monoisotopic (exact) mass is 492 g/mol. The summed E-state index contributed by atoms with van der Waals surface area (Å²) in [7, 11) is -4.33. The number of hydrogen-bond acceptors (Lipinski definition) is 0. The van der Waals surface area contributed by atoms with Gasteiger partial charge in [0.2, 0.25) is 0 Å². The first-order chi connectivity index (χ1) is 10.00. The van der Waals surface area contributed by atoms with Crippen molar-refractivity contribution >= 4 is 56.8 Å². The van der Waals surface area contributed by atoms with Crippen LogP contribution in [-0.2, 0) is 0 Å². The molecule has 0 aliphatic rings. The van der Waals surface area contributed by atoms with Crippen molar-refractivity contribution in [3.63, 3.8) is 0 Å². The third kappa shape index (κ3) is 3.54. The zero-order valence-electron chi connectivity index (χ0n) is 17.2. The van der Waals surface area contributed by atoms with Crippen molar-refractivity contribution in [1.82, 2.24) is 0 Å². The van der Waals surface area contributed by atoms with Gasteiger partial charge in [0.15, 0.2) is 0 Å². The molecule has 0 aliphatic heterocycles. The van der Waals surface area contributed by atoms with E-state index in [1.54, 1.807) is 5.19 Å². The lowest BCUT2D eigenvalue weighted by Gasteiger charge is -2.65. The molecule has 0 heterocycles. The van der Waals surface area contributed by atoms with E-state index in [0.29, 0.717) is 3.91 Å². The SMILES string of the molecule is Cc1ccc([Si](C)(C)C([Si](C)(C)C)([Si](C)(C)C)[Si](C)(C)I)cc1. The fraction of sp³-hybridized carbons (Fsp3) is 0.667. The summed E-state index contributed by atoms with van der Waals surface area (Å²) in [5.41, 5.74) is 0.000942. The van der Waals surface area contributed by atoms with Crippen LogP contribution in [0.3, 0.4) is 0 Å². The van der Waals surface area contributed by atoms with Gasteiger partial charge in [0.25, 0.3) is 0 Å². The van der Waals surface area contributed by atoms with E-state index >= 15 is 0 Å². The van der Waals surface area contributed by atoms with Crippen molar-refractivity contribution in [3.8, 4) is 0 Å². The van der Waals surface area contributed by atoms with E-state index in [4.69, 9.17) is 0 Å². The predicted molar refractivity (Wildman–Crippen MR) is 129 cm³/mol. The fourth-order valence-electron chi connectivity index (χ4n) is 6.71. The van der Waals surface area contributed by atoms with Gasteiger partial charge >= 0.3 is 0 Å². The van der Waals surface area contributed by atoms with Gasteiger partial charge in [-0.1, -0.05) is 100 Å². The molecule has 1 aromatic rings. The molecular formula is C18H37ISi4. The fourth-order valence-corrected chi connectivity index (χ4v) is 74.3. The number of benzene rings is 1. The quantitative estimate of drug-likeness (QED) is 0.247. The van der Waals surface area contributed by atoms with Crippen molar-refractivity contribution in [2.24, 2.45) is 0 Å². The maximum Gasteiger partial charge on any atom is 0.118 e. The number of halogens is 1. The lowest BCUT2D eigenvalue weighted by molar-refractivity contribution is 1.21. The first kappa shape index (κ1) is 21.9. The molecule has 0 aliphatic carbocycles. The van der Waals surface area contributed by atoms with Crippen molar-refractivity contribution in [1.29, 1.82) is 0 Å². The Morgan fingerprint density at radius 1 is 0.696 bits per heavy atom. The second-order valence-corrected chi connectivity index (χ2v) is 40.1. The number of hydrogen-bond donors (Lipinski definition) is 0. The molecule has 0 N–H and O–H groups in total. The lowest BCUT2D eigenvalue weighted by atomic mass is 10.2. The molecule has 0 fully saturated rings. The third-order valence-electron chi connectivity index (χ3n) is 5.85. The molecule has 0 nitrogen and oxygen atoms in total. The highest BCUT2D eigenvalue weighted by atomic mass is 127. The van der Waals surface area contributed by atoms with Crippen LogP contribution in [0.2, 0.25) is 69.4 Å². The van der Waals surface area contributed by atoms with Crippen molar-refractivity contribution in [3.05, 3.63) is 29.8 Å². The molecule has 5 heteroatoms. The Labute approximate surface area is 162 Å². The minimum atomic E-state index is -1.61. The molecule has 23 heavy (non-hydrogen) atoms. The maximum absolute atomic E-state index is 2.94. The van der Waals surface area contributed by atoms with Crippen molar-refractivity contribution in [2.75, 3.05) is 0 Å². The number of rotatable bonds is 5. The average molecular weight is 493 g/mol. The smallest absolute Gasteiger partial charge is 0.118 e. The molecule has 1 rings (SSSR count). The zero-order valence-corrected chi connectivity index (χ0v) is 23.3. The summed E-state index contributed by atoms with van der Waals surface area (Å²) >= 11 is 2.94. The van der Waals surface area contributed by atoms with Crippen LogP contribution < -0.4 is 5.19 Å². The molecule has 1 aromatic carbocycles. The van der Waals surface area contributed by atoms with Crippen LogP contribution in [0, 0.1) is 6.92 Å². The minimum Gasteiger partial charge on any atom is -0.120 e. The first-order valence-corrected chi connectivity index (χ1v) is 24.9. The van der Waals surface area contributed by atoms with E-state index in [0.717, 1.165) is 0 Å². The van der Waals surface area contributed by atoms with Gasteiger partial charge < -0.3 is 0 Å². The molecular weight excluding hydrogens is 455 g/mol. The highest BCUT2D eigenvalue weighted by Gasteiger charge is 2.68. The van der Waals surface area contributed by atoms with Gasteiger partial charge in [-0.3, -0.25) is 0 Å². The Morgan fingerprint density at radius 3 is 1.30 bits per heavy atom. The van der Waals surface area contributed by atoms with E-state index < -0.39 is 29.8 Å². The van der Waals surface area contributed by atoms with E-state index in [-0.39, 0.29) is 0 Å². The second-order valence-electron chi connectivity index (χ2n) is 10.2. The average Bonchev–Trinajstić information content (AvgIpc) is 2.22. The standard InChI is InChI=1S/C18H37ISi4/c1-16-12-14-17(15-13-16)22(8,9)18(20(2,3)4,21(5,6)7)23(10,11)19/h12-15H,1-11H3. The van der Waals surface area contributed by atoms with E-state index in [1.807, 2.05) is 0 Å². The molecule has 0 radical (unpaired) electrons. The Balaban J connectivity index is 3.86. The van der Waals surface area contributed by atoms with Crippen LogP contribution in [0.1, 0.15) is 5.56 Å². The Kier molecular flexibility index (Phi) is 6.20. The van der Waals surface area contributed by atoms with Crippen LogP contribution in [0.5, 0.6) is 0 Å². The van der Waals surface area contributed by atoms with Crippen LogP contribution in [0.25, 0.3) is 0 Å². The molecule has 0 spiro atoms. The van der Waals surface area contributed by atoms with E-state index in [9.17, 15) is 0 Å². The maximum atomic E-state index is 2.94. The molecule has 0 saturated carbocycles. The summed E-state index contributed by atoms with van der Waals surface area (Å²) in [6.07, 6.45) is 0. The molecule has 0 atom stereocenters.